The monoisotopic (exact) mass is 364 g/mol. The number of pyridine rings is 1. The Kier molecular flexibility index (Phi) is 8.89. The van der Waals surface area contributed by atoms with Crippen LogP contribution in [0, 0.1) is 19.3 Å². The Balaban J connectivity index is 0.00000200. The third-order valence-electron chi connectivity index (χ3n) is 2.45. The number of anilines is 1. The molecule has 0 amide bonds. The Labute approximate surface area is 145 Å². The number of hydrogen-bond acceptors (Lipinski definition) is 5. The van der Waals surface area contributed by atoms with E-state index in [-0.39, 0.29) is 24.8 Å². The predicted molar refractivity (Wildman–Crippen MR) is 98.8 cm³/mol. The molecule has 0 aliphatic heterocycles. The van der Waals surface area contributed by atoms with Crippen molar-refractivity contribution in [3.8, 4) is 10.6 Å². The van der Waals surface area contributed by atoms with Crippen LogP contribution in [-0.2, 0) is 0 Å². The lowest BCUT2D eigenvalue weighted by Gasteiger charge is -2.01. The first-order valence-electron chi connectivity index (χ1n) is 5.99. The topological polar surface area (TPSA) is 61.7 Å². The third-order valence-corrected chi connectivity index (χ3v) is 4.23. The second kappa shape index (κ2) is 9.25. The molecule has 0 saturated heterocycles. The van der Waals surface area contributed by atoms with Crippen LogP contribution in [0.15, 0.2) is 18.3 Å². The molecule has 21 heavy (non-hydrogen) atoms. The number of rotatable bonds is 3. The van der Waals surface area contributed by atoms with Crippen molar-refractivity contribution in [3.05, 3.63) is 29.6 Å². The molecular formula is C13H18Cl2N4S2. The van der Waals surface area contributed by atoms with Crippen LogP contribution in [0.5, 0.6) is 0 Å². The number of aromatic nitrogens is 2. The smallest absolute Gasteiger partial charge is 0.189 e. The summed E-state index contributed by atoms with van der Waals surface area (Å²) in [5.74, 6) is 0.877. The standard InChI is InChI=1S/C13H16N4S2.2ClH/c1-4-18-12(14)17-13-16-9(3)11(19-13)10-7-8(2)5-6-15-10;;/h5-7H,4H2,1-3H3,(H2,14,16,17);2*1H. The van der Waals surface area contributed by atoms with E-state index in [2.05, 4.69) is 21.4 Å². The van der Waals surface area contributed by atoms with E-state index in [9.17, 15) is 0 Å². The van der Waals surface area contributed by atoms with Gasteiger partial charge < -0.3 is 5.32 Å². The van der Waals surface area contributed by atoms with Gasteiger partial charge in [0.2, 0.25) is 0 Å². The highest BCUT2D eigenvalue weighted by atomic mass is 35.5. The quantitative estimate of drug-likeness (QED) is 0.608. The molecule has 2 aromatic heterocycles. The average molecular weight is 365 g/mol. The predicted octanol–water partition coefficient (Wildman–Crippen LogP) is 4.77. The maximum absolute atomic E-state index is 7.75. The van der Waals surface area contributed by atoms with Crippen molar-refractivity contribution >= 4 is 58.2 Å². The zero-order chi connectivity index (χ0) is 13.8. The van der Waals surface area contributed by atoms with Crippen LogP contribution in [0.3, 0.4) is 0 Å². The van der Waals surface area contributed by atoms with Gasteiger partial charge in [-0.2, -0.15) is 0 Å². The molecule has 0 fully saturated rings. The van der Waals surface area contributed by atoms with E-state index in [0.29, 0.717) is 5.17 Å². The van der Waals surface area contributed by atoms with Crippen molar-refractivity contribution < 1.29 is 0 Å². The van der Waals surface area contributed by atoms with Gasteiger partial charge in [-0.1, -0.05) is 30.0 Å². The zero-order valence-corrected chi connectivity index (χ0v) is 15.2. The minimum atomic E-state index is 0. The van der Waals surface area contributed by atoms with Gasteiger partial charge in [-0.15, -0.1) is 24.8 Å². The van der Waals surface area contributed by atoms with Gasteiger partial charge in [-0.05, 0) is 37.3 Å². The molecular weight excluding hydrogens is 347 g/mol. The van der Waals surface area contributed by atoms with E-state index >= 15 is 0 Å². The number of nitrogens with one attached hydrogen (secondary N) is 2. The number of nitrogens with zero attached hydrogens (tertiary/aromatic N) is 2. The summed E-state index contributed by atoms with van der Waals surface area (Å²) in [7, 11) is 0. The molecule has 116 valence electrons. The summed E-state index contributed by atoms with van der Waals surface area (Å²) in [5, 5.41) is 11.9. The second-order valence-corrected chi connectivity index (χ2v) is 6.31. The van der Waals surface area contributed by atoms with Gasteiger partial charge >= 0.3 is 0 Å². The zero-order valence-electron chi connectivity index (χ0n) is 12.0. The van der Waals surface area contributed by atoms with Gasteiger partial charge in [0.1, 0.15) is 0 Å². The first-order valence-corrected chi connectivity index (χ1v) is 7.79. The molecule has 0 aromatic carbocycles. The van der Waals surface area contributed by atoms with Crippen LogP contribution in [0.1, 0.15) is 18.2 Å². The van der Waals surface area contributed by atoms with Crippen molar-refractivity contribution in [3.63, 3.8) is 0 Å². The Morgan fingerprint density at radius 1 is 1.38 bits per heavy atom. The summed E-state index contributed by atoms with van der Waals surface area (Å²) in [6, 6.07) is 4.03. The number of aryl methyl sites for hydroxylation is 2. The molecule has 4 nitrogen and oxygen atoms in total. The molecule has 2 rings (SSSR count). The molecule has 0 aliphatic carbocycles. The summed E-state index contributed by atoms with van der Waals surface area (Å²) in [5.41, 5.74) is 3.07. The van der Waals surface area contributed by atoms with Gasteiger partial charge in [0, 0.05) is 6.20 Å². The van der Waals surface area contributed by atoms with Crippen molar-refractivity contribution in [2.75, 3.05) is 11.1 Å². The fourth-order valence-corrected chi connectivity index (χ4v) is 3.09. The van der Waals surface area contributed by atoms with E-state index in [0.717, 1.165) is 27.1 Å². The molecule has 0 unspecified atom stereocenters. The molecule has 2 N–H and O–H groups in total. The first-order chi connectivity index (χ1) is 9.10. The molecule has 0 saturated carbocycles. The van der Waals surface area contributed by atoms with E-state index in [1.165, 1.54) is 28.7 Å². The van der Waals surface area contributed by atoms with E-state index in [1.807, 2.05) is 33.0 Å². The van der Waals surface area contributed by atoms with Crippen LogP contribution in [0.25, 0.3) is 10.6 Å². The molecule has 0 atom stereocenters. The van der Waals surface area contributed by atoms with Gasteiger partial charge in [0.05, 0.1) is 16.3 Å². The fraction of sp³-hybridized carbons (Fsp3) is 0.308. The van der Waals surface area contributed by atoms with Gasteiger partial charge in [0.25, 0.3) is 0 Å². The maximum Gasteiger partial charge on any atom is 0.189 e. The molecule has 2 heterocycles. The highest BCUT2D eigenvalue weighted by Gasteiger charge is 2.11. The van der Waals surface area contributed by atoms with Crippen molar-refractivity contribution in [1.82, 2.24) is 9.97 Å². The summed E-state index contributed by atoms with van der Waals surface area (Å²) in [4.78, 5) is 9.89. The average Bonchev–Trinajstić information content (AvgIpc) is 2.70. The van der Waals surface area contributed by atoms with Crippen LogP contribution < -0.4 is 5.32 Å². The highest BCUT2D eigenvalue weighted by Crippen LogP contribution is 2.32. The third kappa shape index (κ3) is 5.47. The van der Waals surface area contributed by atoms with Crippen LogP contribution in [0.2, 0.25) is 0 Å². The summed E-state index contributed by atoms with van der Waals surface area (Å²) in [6.07, 6.45) is 1.81. The number of thioether (sulfide) groups is 1. The van der Waals surface area contributed by atoms with Crippen LogP contribution >= 0.6 is 47.9 Å². The Hall–Kier alpha value is -0.820. The minimum Gasteiger partial charge on any atom is -0.311 e. The van der Waals surface area contributed by atoms with Gasteiger partial charge in [-0.3, -0.25) is 10.4 Å². The Morgan fingerprint density at radius 3 is 2.71 bits per heavy atom. The molecule has 2 aromatic rings. The highest BCUT2D eigenvalue weighted by molar-refractivity contribution is 8.14. The molecule has 0 bridgehead atoms. The number of hydrogen-bond donors (Lipinski definition) is 2. The van der Waals surface area contributed by atoms with Gasteiger partial charge in [0.15, 0.2) is 10.3 Å². The lowest BCUT2D eigenvalue weighted by Crippen LogP contribution is -2.05. The summed E-state index contributed by atoms with van der Waals surface area (Å²) >= 11 is 3.00. The minimum absolute atomic E-state index is 0. The lowest BCUT2D eigenvalue weighted by atomic mass is 10.2. The summed E-state index contributed by atoms with van der Waals surface area (Å²) in [6.45, 7) is 6.04. The van der Waals surface area contributed by atoms with Crippen molar-refractivity contribution in [2.24, 2.45) is 0 Å². The van der Waals surface area contributed by atoms with Gasteiger partial charge in [-0.25, -0.2) is 4.98 Å². The lowest BCUT2D eigenvalue weighted by molar-refractivity contribution is 1.24. The SMILES string of the molecule is CCSC(=N)Nc1nc(C)c(-c2cc(C)ccn2)s1.Cl.Cl. The fourth-order valence-electron chi connectivity index (χ4n) is 1.63. The number of thiazole rings is 1. The summed E-state index contributed by atoms with van der Waals surface area (Å²) < 4.78 is 0. The van der Waals surface area contributed by atoms with Crippen LogP contribution in [-0.4, -0.2) is 20.9 Å². The maximum atomic E-state index is 7.75. The molecule has 8 heteroatoms. The van der Waals surface area contributed by atoms with Crippen LogP contribution in [0.4, 0.5) is 5.13 Å². The number of halogens is 2. The van der Waals surface area contributed by atoms with Crippen molar-refractivity contribution in [1.29, 1.82) is 5.41 Å². The largest absolute Gasteiger partial charge is 0.311 e. The normalized spacial score (nSPS) is 9.48. The molecule has 0 radical (unpaired) electrons. The number of amidine groups is 1. The second-order valence-electron chi connectivity index (χ2n) is 4.04. The van der Waals surface area contributed by atoms with E-state index in [1.54, 1.807) is 0 Å². The van der Waals surface area contributed by atoms with E-state index in [4.69, 9.17) is 5.41 Å². The van der Waals surface area contributed by atoms with Crippen molar-refractivity contribution in [2.45, 2.75) is 20.8 Å². The first kappa shape index (κ1) is 20.2. The van der Waals surface area contributed by atoms with E-state index < -0.39 is 0 Å². The Bertz CT molecular complexity index is 602. The molecule has 0 spiro atoms. The Morgan fingerprint density at radius 2 is 2.10 bits per heavy atom. The molecule has 0 aliphatic rings.